The van der Waals surface area contributed by atoms with Gasteiger partial charge in [0.15, 0.2) is 0 Å². The van der Waals surface area contributed by atoms with Gasteiger partial charge in [-0.1, -0.05) is 26.7 Å². The summed E-state index contributed by atoms with van der Waals surface area (Å²) >= 11 is 0. The third-order valence-electron chi connectivity index (χ3n) is 4.59. The molecule has 1 aliphatic heterocycles. The summed E-state index contributed by atoms with van der Waals surface area (Å²) in [6.07, 6.45) is 2.88. The number of benzene rings is 1. The molecule has 0 atom stereocenters. The number of sulfonamides is 1. The van der Waals surface area contributed by atoms with Crippen LogP contribution in [0.1, 0.15) is 43.5 Å². The van der Waals surface area contributed by atoms with E-state index in [0.29, 0.717) is 25.2 Å². The van der Waals surface area contributed by atoms with E-state index in [4.69, 9.17) is 0 Å². The first-order valence-electron chi connectivity index (χ1n) is 9.09. The van der Waals surface area contributed by atoms with E-state index >= 15 is 0 Å². The number of amides is 1. The number of nitrogens with one attached hydrogen (secondary N) is 1. The molecule has 0 radical (unpaired) electrons. The lowest BCUT2D eigenvalue weighted by atomic mass is 10.2. The zero-order chi connectivity index (χ0) is 18.3. The SMILES string of the molecule is CCCCCNS(=O)(=O)c1ccc(C(=O)N2CCN(CC)CC2)cc1. The molecule has 1 fully saturated rings. The number of hydrogen-bond acceptors (Lipinski definition) is 4. The lowest BCUT2D eigenvalue weighted by Gasteiger charge is -2.34. The first kappa shape index (κ1) is 19.9. The number of likely N-dealkylation sites (N-methyl/N-ethyl adjacent to an activating group) is 1. The molecule has 1 aromatic carbocycles. The molecule has 0 aliphatic carbocycles. The van der Waals surface area contributed by atoms with Gasteiger partial charge >= 0.3 is 0 Å². The van der Waals surface area contributed by atoms with Crippen molar-refractivity contribution in [3.8, 4) is 0 Å². The largest absolute Gasteiger partial charge is 0.336 e. The highest BCUT2D eigenvalue weighted by atomic mass is 32.2. The van der Waals surface area contributed by atoms with Gasteiger partial charge in [0.2, 0.25) is 10.0 Å². The predicted molar refractivity (Wildman–Crippen MR) is 99.2 cm³/mol. The van der Waals surface area contributed by atoms with Crippen molar-refractivity contribution in [3.63, 3.8) is 0 Å². The Kier molecular flexibility index (Phi) is 7.40. The number of carbonyl (C=O) groups is 1. The number of hydrogen-bond donors (Lipinski definition) is 1. The Morgan fingerprint density at radius 1 is 1.04 bits per heavy atom. The van der Waals surface area contributed by atoms with Gasteiger partial charge in [0.1, 0.15) is 0 Å². The molecule has 1 aliphatic rings. The van der Waals surface area contributed by atoms with E-state index in [1.807, 2.05) is 4.90 Å². The third kappa shape index (κ3) is 5.52. The molecule has 0 aromatic heterocycles. The van der Waals surface area contributed by atoms with Gasteiger partial charge in [0, 0.05) is 38.3 Å². The molecule has 2 rings (SSSR count). The molecule has 0 saturated carbocycles. The highest BCUT2D eigenvalue weighted by Crippen LogP contribution is 2.14. The van der Waals surface area contributed by atoms with Crippen LogP contribution in [-0.4, -0.2) is 63.4 Å². The van der Waals surface area contributed by atoms with Crippen molar-refractivity contribution in [1.29, 1.82) is 0 Å². The Bertz CT molecular complexity index is 651. The topological polar surface area (TPSA) is 69.7 Å². The molecule has 7 heteroatoms. The summed E-state index contributed by atoms with van der Waals surface area (Å²) in [7, 11) is -3.50. The summed E-state index contributed by atoms with van der Waals surface area (Å²) in [5, 5.41) is 0. The minimum Gasteiger partial charge on any atom is -0.336 e. The summed E-state index contributed by atoms with van der Waals surface area (Å²) in [6.45, 7) is 8.84. The van der Waals surface area contributed by atoms with E-state index in [-0.39, 0.29) is 10.8 Å². The standard InChI is InChI=1S/C18H29N3O3S/c1-3-5-6-11-19-25(23,24)17-9-7-16(8-10-17)18(22)21-14-12-20(4-2)13-15-21/h7-10,19H,3-6,11-15H2,1-2H3. The molecule has 25 heavy (non-hydrogen) atoms. The van der Waals surface area contributed by atoms with Crippen molar-refractivity contribution in [1.82, 2.24) is 14.5 Å². The van der Waals surface area contributed by atoms with E-state index in [0.717, 1.165) is 38.9 Å². The van der Waals surface area contributed by atoms with Crippen LogP contribution in [-0.2, 0) is 10.0 Å². The van der Waals surface area contributed by atoms with E-state index in [1.54, 1.807) is 12.1 Å². The van der Waals surface area contributed by atoms with Gasteiger partial charge in [0.25, 0.3) is 5.91 Å². The molecule has 1 amide bonds. The van der Waals surface area contributed by atoms with Gasteiger partial charge in [-0.25, -0.2) is 13.1 Å². The molecular formula is C18H29N3O3S. The van der Waals surface area contributed by atoms with E-state index in [1.165, 1.54) is 12.1 Å². The summed E-state index contributed by atoms with van der Waals surface area (Å²) in [5.74, 6) is -0.0318. The maximum absolute atomic E-state index is 12.5. The van der Waals surface area contributed by atoms with Gasteiger partial charge in [0.05, 0.1) is 4.90 Å². The van der Waals surface area contributed by atoms with Crippen LogP contribution in [0.2, 0.25) is 0 Å². The smallest absolute Gasteiger partial charge is 0.253 e. The van der Waals surface area contributed by atoms with Crippen LogP contribution < -0.4 is 4.72 Å². The van der Waals surface area contributed by atoms with Gasteiger partial charge in [-0.3, -0.25) is 4.79 Å². The minimum atomic E-state index is -3.50. The number of piperazine rings is 1. The lowest BCUT2D eigenvalue weighted by molar-refractivity contribution is 0.0643. The van der Waals surface area contributed by atoms with Crippen molar-refractivity contribution < 1.29 is 13.2 Å². The molecule has 140 valence electrons. The van der Waals surface area contributed by atoms with Gasteiger partial charge in [-0.2, -0.15) is 0 Å². The minimum absolute atomic E-state index is 0.0318. The second kappa shape index (κ2) is 9.31. The molecule has 1 saturated heterocycles. The molecular weight excluding hydrogens is 338 g/mol. The van der Waals surface area contributed by atoms with E-state index in [9.17, 15) is 13.2 Å². The number of nitrogens with zero attached hydrogens (tertiary/aromatic N) is 2. The number of unbranched alkanes of at least 4 members (excludes halogenated alkanes) is 2. The van der Waals surface area contributed by atoms with Gasteiger partial charge in [-0.05, 0) is 37.2 Å². The zero-order valence-electron chi connectivity index (χ0n) is 15.2. The van der Waals surface area contributed by atoms with Crippen molar-refractivity contribution in [2.45, 2.75) is 38.0 Å². The predicted octanol–water partition coefficient (Wildman–Crippen LogP) is 1.93. The first-order valence-corrected chi connectivity index (χ1v) is 10.6. The Morgan fingerprint density at radius 2 is 1.68 bits per heavy atom. The van der Waals surface area contributed by atoms with Gasteiger partial charge < -0.3 is 9.80 Å². The third-order valence-corrected chi connectivity index (χ3v) is 6.07. The lowest BCUT2D eigenvalue weighted by Crippen LogP contribution is -2.48. The fourth-order valence-electron chi connectivity index (χ4n) is 2.89. The van der Waals surface area contributed by atoms with Crippen LogP contribution in [0.3, 0.4) is 0 Å². The van der Waals surface area contributed by atoms with Crippen LogP contribution in [0, 0.1) is 0 Å². The van der Waals surface area contributed by atoms with E-state index in [2.05, 4.69) is 23.5 Å². The summed E-state index contributed by atoms with van der Waals surface area (Å²) in [5.41, 5.74) is 0.537. The quantitative estimate of drug-likeness (QED) is 0.713. The maximum Gasteiger partial charge on any atom is 0.253 e. The highest BCUT2D eigenvalue weighted by molar-refractivity contribution is 7.89. The monoisotopic (exact) mass is 367 g/mol. The maximum atomic E-state index is 12.5. The molecule has 6 nitrogen and oxygen atoms in total. The number of rotatable bonds is 8. The average molecular weight is 368 g/mol. The normalized spacial score (nSPS) is 16.2. The van der Waals surface area contributed by atoms with Crippen LogP contribution in [0.4, 0.5) is 0 Å². The second-order valence-corrected chi connectivity index (χ2v) is 8.12. The Hall–Kier alpha value is -1.44. The summed E-state index contributed by atoms with van der Waals surface area (Å²) in [6, 6.07) is 6.24. The molecule has 0 spiro atoms. The Balaban J connectivity index is 1.96. The highest BCUT2D eigenvalue weighted by Gasteiger charge is 2.22. The second-order valence-electron chi connectivity index (χ2n) is 6.36. The van der Waals surface area contributed by atoms with Crippen molar-refractivity contribution in [2.75, 3.05) is 39.3 Å². The van der Waals surface area contributed by atoms with Crippen LogP contribution in [0.5, 0.6) is 0 Å². The molecule has 1 heterocycles. The average Bonchev–Trinajstić information content (AvgIpc) is 2.65. The van der Waals surface area contributed by atoms with Crippen LogP contribution in [0.15, 0.2) is 29.2 Å². The molecule has 1 aromatic rings. The van der Waals surface area contributed by atoms with Gasteiger partial charge in [-0.15, -0.1) is 0 Å². The summed E-state index contributed by atoms with van der Waals surface area (Å²) in [4.78, 5) is 16.9. The molecule has 0 unspecified atom stereocenters. The fourth-order valence-corrected chi connectivity index (χ4v) is 3.97. The van der Waals surface area contributed by atoms with Crippen molar-refractivity contribution >= 4 is 15.9 Å². The Labute approximate surface area is 151 Å². The Morgan fingerprint density at radius 3 is 2.24 bits per heavy atom. The van der Waals surface area contributed by atoms with Crippen molar-refractivity contribution in [3.05, 3.63) is 29.8 Å². The fraction of sp³-hybridized carbons (Fsp3) is 0.611. The zero-order valence-corrected chi connectivity index (χ0v) is 16.0. The number of carbonyl (C=O) groups excluding carboxylic acids is 1. The summed E-state index contributed by atoms with van der Waals surface area (Å²) < 4.78 is 27.1. The molecule has 1 N–H and O–H groups in total. The molecule has 0 bridgehead atoms. The first-order chi connectivity index (χ1) is 12.0. The van der Waals surface area contributed by atoms with Crippen LogP contribution in [0.25, 0.3) is 0 Å². The van der Waals surface area contributed by atoms with Crippen LogP contribution >= 0.6 is 0 Å². The van der Waals surface area contributed by atoms with E-state index < -0.39 is 10.0 Å². The van der Waals surface area contributed by atoms with Crippen molar-refractivity contribution in [2.24, 2.45) is 0 Å².